The number of carboxylic acids is 1. The number of sulfonamides is 1. The van der Waals surface area contributed by atoms with Crippen molar-refractivity contribution in [1.29, 1.82) is 0 Å². The summed E-state index contributed by atoms with van der Waals surface area (Å²) in [5.74, 6) is 0.409. The number of carbonyl (C=O) groups is 1. The molecule has 2 aliphatic rings. The molecule has 11 nitrogen and oxygen atoms in total. The lowest BCUT2D eigenvalue weighted by Gasteiger charge is -2.43. The van der Waals surface area contributed by atoms with Gasteiger partial charge in [-0.1, -0.05) is 35.9 Å². The normalized spacial score (nSPS) is 19.5. The average Bonchev–Trinajstić information content (AvgIpc) is 3.12. The molecule has 0 bridgehead atoms. The predicted octanol–water partition coefficient (Wildman–Crippen LogP) is 5.64. The Morgan fingerprint density at radius 1 is 0.960 bits per heavy atom. The second kappa shape index (κ2) is 18.0. The minimum atomic E-state index is -3.95. The van der Waals surface area contributed by atoms with Gasteiger partial charge in [-0.05, 0) is 73.7 Å². The third kappa shape index (κ3) is 9.76. The molecule has 3 aromatic carbocycles. The monoisotopic (exact) mass is 710 g/mol. The van der Waals surface area contributed by atoms with E-state index in [0.717, 1.165) is 59.8 Å². The first-order valence-electron chi connectivity index (χ1n) is 17.3. The van der Waals surface area contributed by atoms with E-state index in [2.05, 4.69) is 11.0 Å². The molecule has 50 heavy (non-hydrogen) atoms. The first-order chi connectivity index (χ1) is 24.2. The van der Waals surface area contributed by atoms with E-state index in [1.165, 1.54) is 4.31 Å². The second-order valence-corrected chi connectivity index (χ2v) is 14.8. The fourth-order valence-corrected chi connectivity index (χ4v) is 8.35. The molecule has 3 atom stereocenters. The largest absolute Gasteiger partial charge is 0.494 e. The molecule has 0 spiro atoms. The van der Waals surface area contributed by atoms with Crippen LogP contribution >= 0.6 is 0 Å². The zero-order valence-electron chi connectivity index (χ0n) is 29.3. The van der Waals surface area contributed by atoms with Crippen LogP contribution in [0.5, 0.6) is 11.5 Å². The molecule has 0 saturated carbocycles. The van der Waals surface area contributed by atoms with Gasteiger partial charge in [0.25, 0.3) is 0 Å². The molecule has 1 N–H and O–H groups in total. The lowest BCUT2D eigenvalue weighted by molar-refractivity contribution is -0.137. The van der Waals surface area contributed by atoms with Crippen LogP contribution in [0.3, 0.4) is 0 Å². The number of aliphatic carboxylic acids is 1. The first kappa shape index (κ1) is 37.6. The summed E-state index contributed by atoms with van der Waals surface area (Å²) in [6.45, 7) is 6.30. The quantitative estimate of drug-likeness (QED) is 0.166. The Bertz CT molecular complexity index is 1630. The molecule has 0 amide bonds. The fourth-order valence-electron chi connectivity index (χ4n) is 6.68. The van der Waals surface area contributed by atoms with Gasteiger partial charge in [-0.3, -0.25) is 4.79 Å². The van der Waals surface area contributed by atoms with Gasteiger partial charge in [0.05, 0.1) is 36.4 Å². The van der Waals surface area contributed by atoms with Crippen molar-refractivity contribution in [2.24, 2.45) is 0 Å². The minimum Gasteiger partial charge on any atom is -0.494 e. The standard InChI is InChI=1S/C38H50N2O9S/c1-28-6-14-33(15-7-28)50(43,44)40-26-37(49-27-29-8-16-36-35(24-29)39(19-23-48-36)18-4-20-45-2)34(25-31(40)11-17-38(41)42)30-9-12-32(13-10-30)47-22-5-21-46-3/h6-10,12-16,24,31,34,37H,4-5,11,17-23,25-27H2,1-3H3,(H,41,42)/t31-,34+,37-/m0/s1. The van der Waals surface area contributed by atoms with Gasteiger partial charge in [-0.25, -0.2) is 8.42 Å². The molecule has 0 radical (unpaired) electrons. The van der Waals surface area contributed by atoms with Gasteiger partial charge in [-0.2, -0.15) is 4.31 Å². The number of ether oxygens (including phenoxy) is 5. The predicted molar refractivity (Wildman–Crippen MR) is 191 cm³/mol. The Labute approximate surface area is 296 Å². The van der Waals surface area contributed by atoms with Crippen LogP contribution in [-0.4, -0.2) is 96.2 Å². The van der Waals surface area contributed by atoms with E-state index >= 15 is 0 Å². The van der Waals surface area contributed by atoms with Crippen molar-refractivity contribution in [3.8, 4) is 11.5 Å². The van der Waals surface area contributed by atoms with Crippen LogP contribution in [0, 0.1) is 6.92 Å². The number of rotatable bonds is 18. The summed E-state index contributed by atoms with van der Waals surface area (Å²) in [5, 5.41) is 9.59. The summed E-state index contributed by atoms with van der Waals surface area (Å²) in [7, 11) is -0.589. The molecule has 1 fully saturated rings. The molecule has 0 aromatic heterocycles. The van der Waals surface area contributed by atoms with Crippen molar-refractivity contribution in [3.63, 3.8) is 0 Å². The number of piperidine rings is 1. The Kier molecular flexibility index (Phi) is 13.5. The maximum atomic E-state index is 14.2. The zero-order chi connectivity index (χ0) is 35.5. The Balaban J connectivity index is 1.42. The first-order valence-corrected chi connectivity index (χ1v) is 18.8. The Morgan fingerprint density at radius 2 is 1.70 bits per heavy atom. The number of aryl methyl sites for hydroxylation is 1. The van der Waals surface area contributed by atoms with Crippen molar-refractivity contribution >= 4 is 21.7 Å². The van der Waals surface area contributed by atoms with Gasteiger partial charge in [0, 0.05) is 65.3 Å². The highest BCUT2D eigenvalue weighted by Crippen LogP contribution is 2.40. The number of benzene rings is 3. The SMILES string of the molecule is COCCCOc1ccc([C@H]2C[C@H](CCC(=O)O)N(S(=O)(=O)c3ccc(C)cc3)C[C@@H]2OCc2ccc3c(c2)N(CCCOC)CCO3)cc1. The topological polar surface area (TPSA) is 124 Å². The molecule has 2 aliphatic heterocycles. The van der Waals surface area contributed by atoms with Gasteiger partial charge in [0.15, 0.2) is 0 Å². The van der Waals surface area contributed by atoms with Gasteiger partial charge in [-0.15, -0.1) is 0 Å². The Morgan fingerprint density at radius 3 is 2.42 bits per heavy atom. The van der Waals surface area contributed by atoms with E-state index in [1.54, 1.807) is 38.5 Å². The van der Waals surface area contributed by atoms with E-state index in [9.17, 15) is 18.3 Å². The maximum Gasteiger partial charge on any atom is 0.303 e. The van der Waals surface area contributed by atoms with Crippen LogP contribution in [0.4, 0.5) is 5.69 Å². The number of anilines is 1. The number of hydrogen-bond donors (Lipinski definition) is 1. The van der Waals surface area contributed by atoms with E-state index in [-0.39, 0.29) is 36.8 Å². The van der Waals surface area contributed by atoms with Crippen LogP contribution in [0.25, 0.3) is 0 Å². The molecule has 0 aliphatic carbocycles. The van der Waals surface area contributed by atoms with Gasteiger partial charge < -0.3 is 33.7 Å². The second-order valence-electron chi connectivity index (χ2n) is 12.9. The highest BCUT2D eigenvalue weighted by molar-refractivity contribution is 7.89. The van der Waals surface area contributed by atoms with Crippen molar-refractivity contribution in [3.05, 3.63) is 83.4 Å². The molecular weight excluding hydrogens is 660 g/mol. The van der Waals surface area contributed by atoms with Gasteiger partial charge in [0.1, 0.15) is 18.1 Å². The molecule has 12 heteroatoms. The highest BCUT2D eigenvalue weighted by Gasteiger charge is 2.43. The third-order valence-corrected chi connectivity index (χ3v) is 11.3. The fraction of sp³-hybridized carbons (Fsp3) is 0.500. The van der Waals surface area contributed by atoms with Crippen molar-refractivity contribution < 1.29 is 42.0 Å². The van der Waals surface area contributed by atoms with E-state index in [0.29, 0.717) is 32.8 Å². The van der Waals surface area contributed by atoms with E-state index in [4.69, 9.17) is 23.7 Å². The smallest absolute Gasteiger partial charge is 0.303 e. The van der Waals surface area contributed by atoms with Gasteiger partial charge in [0.2, 0.25) is 10.0 Å². The lowest BCUT2D eigenvalue weighted by atomic mass is 9.83. The van der Waals surface area contributed by atoms with Crippen molar-refractivity contribution in [2.45, 2.75) is 68.6 Å². The number of carboxylic acid groups (broad SMARTS) is 1. The van der Waals surface area contributed by atoms with Crippen LogP contribution in [0.1, 0.15) is 54.7 Å². The molecule has 272 valence electrons. The summed E-state index contributed by atoms with van der Waals surface area (Å²) >= 11 is 0. The third-order valence-electron chi connectivity index (χ3n) is 9.35. The molecule has 5 rings (SSSR count). The van der Waals surface area contributed by atoms with Crippen LogP contribution < -0.4 is 14.4 Å². The van der Waals surface area contributed by atoms with Crippen molar-refractivity contribution in [1.82, 2.24) is 4.31 Å². The summed E-state index contributed by atoms with van der Waals surface area (Å²) in [6, 6.07) is 20.1. The number of fused-ring (bicyclic) bond motifs is 1. The summed E-state index contributed by atoms with van der Waals surface area (Å²) in [4.78, 5) is 14.2. The molecule has 2 heterocycles. The zero-order valence-corrected chi connectivity index (χ0v) is 30.1. The molecular formula is C38H50N2O9S. The van der Waals surface area contributed by atoms with Crippen molar-refractivity contribution in [2.75, 3.05) is 65.2 Å². The number of hydrogen-bond acceptors (Lipinski definition) is 9. The maximum absolute atomic E-state index is 14.2. The van der Waals surface area contributed by atoms with Crippen LogP contribution in [0.15, 0.2) is 71.6 Å². The lowest BCUT2D eigenvalue weighted by Crippen LogP contribution is -2.52. The van der Waals surface area contributed by atoms with Gasteiger partial charge >= 0.3 is 5.97 Å². The molecule has 0 unspecified atom stereocenters. The molecule has 3 aromatic rings. The summed E-state index contributed by atoms with van der Waals surface area (Å²) in [5.41, 5.74) is 3.89. The van der Waals surface area contributed by atoms with E-state index in [1.807, 2.05) is 43.3 Å². The highest BCUT2D eigenvalue weighted by atomic mass is 32.2. The summed E-state index contributed by atoms with van der Waals surface area (Å²) in [6.07, 6.45) is 1.61. The average molecular weight is 711 g/mol. The van der Waals surface area contributed by atoms with Crippen LogP contribution in [-0.2, 0) is 35.6 Å². The van der Waals surface area contributed by atoms with E-state index < -0.39 is 28.1 Å². The minimum absolute atomic E-state index is 0.0810. The molecule has 1 saturated heterocycles. The van der Waals surface area contributed by atoms with Crippen LogP contribution in [0.2, 0.25) is 0 Å². The number of methoxy groups -OCH3 is 2. The number of nitrogens with zero attached hydrogens (tertiary/aromatic N) is 2. The summed E-state index contributed by atoms with van der Waals surface area (Å²) < 4.78 is 58.7. The Hall–Kier alpha value is -3.68.